The van der Waals surface area contributed by atoms with E-state index in [1.54, 1.807) is 18.6 Å². The van der Waals surface area contributed by atoms with Crippen LogP contribution >= 0.6 is 0 Å². The van der Waals surface area contributed by atoms with Gasteiger partial charge in [0.25, 0.3) is 0 Å². The summed E-state index contributed by atoms with van der Waals surface area (Å²) in [5.41, 5.74) is 2.56. The van der Waals surface area contributed by atoms with Crippen LogP contribution in [-0.2, 0) is 4.74 Å². The number of pyridine rings is 1. The molecule has 2 aromatic heterocycles. The summed E-state index contributed by atoms with van der Waals surface area (Å²) in [7, 11) is 0. The highest BCUT2D eigenvalue weighted by atomic mass is 16.5. The number of anilines is 1. The Morgan fingerprint density at radius 3 is 2.59 bits per heavy atom. The standard InChI is InChI=1S/C16H18N4O2/c1-11-8-20(9-12(2)22-11)16-4-3-13(19-15(16)10-21)14-7-17-5-6-18-14/h3-7,10-12H,8-9H2,1-2H3/t11-,12+. The molecule has 0 spiro atoms. The van der Waals surface area contributed by atoms with E-state index in [1.807, 2.05) is 26.0 Å². The van der Waals surface area contributed by atoms with Crippen molar-refractivity contribution in [1.29, 1.82) is 0 Å². The van der Waals surface area contributed by atoms with E-state index in [1.165, 1.54) is 0 Å². The first-order valence-corrected chi connectivity index (χ1v) is 7.30. The monoisotopic (exact) mass is 298 g/mol. The molecule has 0 N–H and O–H groups in total. The summed E-state index contributed by atoms with van der Waals surface area (Å²) < 4.78 is 5.74. The second kappa shape index (κ2) is 6.19. The molecule has 1 saturated heterocycles. The van der Waals surface area contributed by atoms with Gasteiger partial charge < -0.3 is 9.64 Å². The minimum atomic E-state index is 0.128. The quantitative estimate of drug-likeness (QED) is 0.807. The number of aromatic nitrogens is 3. The summed E-state index contributed by atoms with van der Waals surface area (Å²) in [6, 6.07) is 3.79. The highest BCUT2D eigenvalue weighted by Crippen LogP contribution is 2.25. The minimum absolute atomic E-state index is 0.128. The van der Waals surface area contributed by atoms with Crippen LogP contribution in [0.5, 0.6) is 0 Å². The van der Waals surface area contributed by atoms with Crippen LogP contribution in [0.1, 0.15) is 24.3 Å². The maximum atomic E-state index is 11.5. The minimum Gasteiger partial charge on any atom is -0.372 e. The van der Waals surface area contributed by atoms with Gasteiger partial charge in [0.05, 0.1) is 29.8 Å². The van der Waals surface area contributed by atoms with Crippen LogP contribution < -0.4 is 4.90 Å². The summed E-state index contributed by atoms with van der Waals surface area (Å²) in [6.07, 6.45) is 5.90. The lowest BCUT2D eigenvalue weighted by atomic mass is 10.1. The molecule has 1 fully saturated rings. The van der Waals surface area contributed by atoms with Crippen molar-refractivity contribution >= 4 is 12.0 Å². The Hall–Kier alpha value is -2.34. The van der Waals surface area contributed by atoms with E-state index in [0.29, 0.717) is 17.1 Å². The normalized spacial score (nSPS) is 21.6. The van der Waals surface area contributed by atoms with Crippen LogP contribution in [0.25, 0.3) is 11.4 Å². The number of carbonyl (C=O) groups is 1. The van der Waals surface area contributed by atoms with E-state index in [9.17, 15) is 4.79 Å². The molecular weight excluding hydrogens is 280 g/mol. The third-order valence-electron chi connectivity index (χ3n) is 3.60. The van der Waals surface area contributed by atoms with Gasteiger partial charge in [0.15, 0.2) is 6.29 Å². The lowest BCUT2D eigenvalue weighted by Crippen LogP contribution is -2.45. The first-order chi connectivity index (χ1) is 10.7. The van der Waals surface area contributed by atoms with Crippen LogP contribution in [0.2, 0.25) is 0 Å². The van der Waals surface area contributed by atoms with Gasteiger partial charge in [0, 0.05) is 25.5 Å². The molecule has 6 nitrogen and oxygen atoms in total. The van der Waals surface area contributed by atoms with Crippen molar-refractivity contribution in [2.45, 2.75) is 26.1 Å². The topological polar surface area (TPSA) is 68.2 Å². The number of ether oxygens (including phenoxy) is 1. The fraction of sp³-hybridized carbons (Fsp3) is 0.375. The van der Waals surface area contributed by atoms with Gasteiger partial charge in [-0.25, -0.2) is 4.98 Å². The van der Waals surface area contributed by atoms with Crippen molar-refractivity contribution in [3.63, 3.8) is 0 Å². The van der Waals surface area contributed by atoms with Crippen molar-refractivity contribution in [1.82, 2.24) is 15.0 Å². The predicted octanol–water partition coefficient (Wildman–Crippen LogP) is 1.96. The van der Waals surface area contributed by atoms with Crippen LogP contribution in [0.15, 0.2) is 30.7 Å². The van der Waals surface area contributed by atoms with Gasteiger partial charge in [-0.1, -0.05) is 0 Å². The molecule has 0 radical (unpaired) electrons. The average molecular weight is 298 g/mol. The van der Waals surface area contributed by atoms with Crippen molar-refractivity contribution in [2.75, 3.05) is 18.0 Å². The number of aldehydes is 1. The maximum absolute atomic E-state index is 11.5. The van der Waals surface area contributed by atoms with Crippen molar-refractivity contribution < 1.29 is 9.53 Å². The number of nitrogens with zero attached hydrogens (tertiary/aromatic N) is 4. The summed E-state index contributed by atoms with van der Waals surface area (Å²) in [6.45, 7) is 5.56. The van der Waals surface area contributed by atoms with E-state index >= 15 is 0 Å². The Bertz CT molecular complexity index is 652. The first-order valence-electron chi connectivity index (χ1n) is 7.30. The molecule has 0 aliphatic carbocycles. The third-order valence-corrected chi connectivity index (χ3v) is 3.60. The molecule has 3 heterocycles. The molecule has 0 aromatic carbocycles. The number of morpholine rings is 1. The summed E-state index contributed by atoms with van der Waals surface area (Å²) in [5, 5.41) is 0. The number of hydrogen-bond donors (Lipinski definition) is 0. The highest BCUT2D eigenvalue weighted by molar-refractivity contribution is 5.83. The lowest BCUT2D eigenvalue weighted by Gasteiger charge is -2.37. The highest BCUT2D eigenvalue weighted by Gasteiger charge is 2.24. The van der Waals surface area contributed by atoms with E-state index in [0.717, 1.165) is 25.1 Å². The summed E-state index contributed by atoms with van der Waals surface area (Å²) in [5.74, 6) is 0. The SMILES string of the molecule is C[C@@H]1CN(c2ccc(-c3cnccn3)nc2C=O)C[C@H](C)O1. The predicted molar refractivity (Wildman–Crippen MR) is 82.9 cm³/mol. The van der Waals surface area contributed by atoms with E-state index < -0.39 is 0 Å². The Morgan fingerprint density at radius 2 is 1.95 bits per heavy atom. The molecule has 2 aromatic rings. The molecule has 6 heteroatoms. The smallest absolute Gasteiger partial charge is 0.170 e. The molecule has 1 aliphatic rings. The van der Waals surface area contributed by atoms with Gasteiger partial charge in [-0.2, -0.15) is 0 Å². The van der Waals surface area contributed by atoms with E-state index in [2.05, 4.69) is 19.9 Å². The van der Waals surface area contributed by atoms with Crippen molar-refractivity contribution in [3.05, 3.63) is 36.4 Å². The summed E-state index contributed by atoms with van der Waals surface area (Å²) in [4.78, 5) is 26.3. The Balaban J connectivity index is 1.94. The zero-order valence-electron chi connectivity index (χ0n) is 12.6. The van der Waals surface area contributed by atoms with Crippen molar-refractivity contribution in [2.24, 2.45) is 0 Å². The molecule has 3 rings (SSSR count). The first kappa shape index (κ1) is 14.6. The number of hydrogen-bond acceptors (Lipinski definition) is 6. The third kappa shape index (κ3) is 2.96. The average Bonchev–Trinajstić information content (AvgIpc) is 2.54. The molecule has 1 aliphatic heterocycles. The van der Waals surface area contributed by atoms with Crippen LogP contribution in [-0.4, -0.2) is 46.5 Å². The van der Waals surface area contributed by atoms with Crippen LogP contribution in [0.4, 0.5) is 5.69 Å². The molecule has 0 bridgehead atoms. The fourth-order valence-electron chi connectivity index (χ4n) is 2.77. The van der Waals surface area contributed by atoms with Crippen LogP contribution in [0, 0.1) is 0 Å². The molecular formula is C16H18N4O2. The Morgan fingerprint density at radius 1 is 1.18 bits per heavy atom. The van der Waals surface area contributed by atoms with Gasteiger partial charge >= 0.3 is 0 Å². The molecule has 0 saturated carbocycles. The zero-order valence-corrected chi connectivity index (χ0v) is 12.6. The van der Waals surface area contributed by atoms with E-state index in [4.69, 9.17) is 4.74 Å². The number of rotatable bonds is 3. The lowest BCUT2D eigenvalue weighted by molar-refractivity contribution is -0.00527. The second-order valence-corrected chi connectivity index (χ2v) is 5.47. The summed E-state index contributed by atoms with van der Waals surface area (Å²) >= 11 is 0. The zero-order chi connectivity index (χ0) is 15.5. The van der Waals surface area contributed by atoms with Gasteiger partial charge in [-0.05, 0) is 26.0 Å². The van der Waals surface area contributed by atoms with Gasteiger partial charge in [0.2, 0.25) is 0 Å². The van der Waals surface area contributed by atoms with Crippen molar-refractivity contribution in [3.8, 4) is 11.4 Å². The second-order valence-electron chi connectivity index (χ2n) is 5.47. The maximum Gasteiger partial charge on any atom is 0.170 e. The number of carbonyl (C=O) groups excluding carboxylic acids is 1. The van der Waals surface area contributed by atoms with E-state index in [-0.39, 0.29) is 12.2 Å². The van der Waals surface area contributed by atoms with Gasteiger partial charge in [0.1, 0.15) is 11.4 Å². The largest absolute Gasteiger partial charge is 0.372 e. The molecule has 22 heavy (non-hydrogen) atoms. The van der Waals surface area contributed by atoms with Gasteiger partial charge in [-0.3, -0.25) is 14.8 Å². The molecule has 2 atom stereocenters. The molecule has 0 amide bonds. The fourth-order valence-corrected chi connectivity index (χ4v) is 2.77. The molecule has 114 valence electrons. The van der Waals surface area contributed by atoms with Gasteiger partial charge in [-0.15, -0.1) is 0 Å². The molecule has 0 unspecified atom stereocenters. The Kier molecular flexibility index (Phi) is 4.11. The Labute approximate surface area is 129 Å². The van der Waals surface area contributed by atoms with Crippen LogP contribution in [0.3, 0.4) is 0 Å².